The Labute approximate surface area is 137 Å². The molecule has 0 spiro atoms. The minimum absolute atomic E-state index is 0.113. The standard InChI is InChI=1S/C18H24N4O/c1-14(2)20-16-7-11-21(12-8-16)18(23)15-5-3-6-17(13-15)22-10-4-9-19-22/h3-6,9-10,13-14,16,20H,7-8,11-12H2,1-2H3. The van der Waals surface area contributed by atoms with Crippen molar-refractivity contribution in [2.75, 3.05) is 13.1 Å². The van der Waals surface area contributed by atoms with Crippen LogP contribution in [-0.4, -0.2) is 45.8 Å². The van der Waals surface area contributed by atoms with Crippen LogP contribution in [0.1, 0.15) is 37.0 Å². The lowest BCUT2D eigenvalue weighted by Crippen LogP contribution is -2.46. The molecule has 0 aliphatic carbocycles. The van der Waals surface area contributed by atoms with Crippen LogP contribution >= 0.6 is 0 Å². The molecule has 0 saturated carbocycles. The highest BCUT2D eigenvalue weighted by Gasteiger charge is 2.23. The second-order valence-corrected chi connectivity index (χ2v) is 6.39. The van der Waals surface area contributed by atoms with E-state index < -0.39 is 0 Å². The topological polar surface area (TPSA) is 50.2 Å². The maximum Gasteiger partial charge on any atom is 0.253 e. The molecule has 23 heavy (non-hydrogen) atoms. The van der Waals surface area contributed by atoms with Crippen molar-refractivity contribution in [2.24, 2.45) is 0 Å². The summed E-state index contributed by atoms with van der Waals surface area (Å²) in [6, 6.07) is 10.6. The second kappa shape index (κ2) is 6.96. The molecule has 3 rings (SSSR count). The van der Waals surface area contributed by atoms with Crippen molar-refractivity contribution in [1.29, 1.82) is 0 Å². The van der Waals surface area contributed by atoms with Gasteiger partial charge in [-0.3, -0.25) is 4.79 Å². The third-order valence-corrected chi connectivity index (χ3v) is 4.21. The Bertz CT molecular complexity index is 643. The van der Waals surface area contributed by atoms with Gasteiger partial charge in [0.1, 0.15) is 0 Å². The number of carbonyl (C=O) groups is 1. The van der Waals surface area contributed by atoms with Crippen molar-refractivity contribution in [1.82, 2.24) is 20.0 Å². The molecule has 1 aromatic heterocycles. The highest BCUT2D eigenvalue weighted by atomic mass is 16.2. The van der Waals surface area contributed by atoms with Crippen LogP contribution in [0.3, 0.4) is 0 Å². The SMILES string of the molecule is CC(C)NC1CCN(C(=O)c2cccc(-n3cccn3)c2)CC1. The van der Waals surface area contributed by atoms with Gasteiger partial charge in [0.05, 0.1) is 5.69 Å². The molecule has 0 bridgehead atoms. The summed E-state index contributed by atoms with van der Waals surface area (Å²) in [4.78, 5) is 14.7. The molecule has 5 nitrogen and oxygen atoms in total. The number of likely N-dealkylation sites (tertiary alicyclic amines) is 1. The van der Waals surface area contributed by atoms with Gasteiger partial charge in [-0.2, -0.15) is 5.10 Å². The first kappa shape index (κ1) is 15.7. The average molecular weight is 312 g/mol. The van der Waals surface area contributed by atoms with E-state index in [4.69, 9.17) is 0 Å². The fraction of sp³-hybridized carbons (Fsp3) is 0.444. The Kier molecular flexibility index (Phi) is 4.76. The fourth-order valence-corrected chi connectivity index (χ4v) is 3.11. The summed E-state index contributed by atoms with van der Waals surface area (Å²) in [5.74, 6) is 0.113. The zero-order valence-corrected chi connectivity index (χ0v) is 13.8. The summed E-state index contributed by atoms with van der Waals surface area (Å²) in [6.07, 6.45) is 5.65. The minimum atomic E-state index is 0.113. The van der Waals surface area contributed by atoms with Crippen molar-refractivity contribution in [3.05, 3.63) is 48.3 Å². The van der Waals surface area contributed by atoms with Gasteiger partial charge in [0.25, 0.3) is 5.91 Å². The van der Waals surface area contributed by atoms with Crippen LogP contribution in [0.15, 0.2) is 42.7 Å². The van der Waals surface area contributed by atoms with E-state index in [0.29, 0.717) is 12.1 Å². The number of nitrogens with zero attached hydrogens (tertiary/aromatic N) is 3. The number of nitrogens with one attached hydrogen (secondary N) is 1. The monoisotopic (exact) mass is 312 g/mol. The molecule has 5 heteroatoms. The molecule has 1 N–H and O–H groups in total. The summed E-state index contributed by atoms with van der Waals surface area (Å²) in [6.45, 7) is 5.96. The van der Waals surface area contributed by atoms with E-state index in [9.17, 15) is 4.79 Å². The van der Waals surface area contributed by atoms with Crippen LogP contribution < -0.4 is 5.32 Å². The highest BCUT2D eigenvalue weighted by molar-refractivity contribution is 5.94. The van der Waals surface area contributed by atoms with Gasteiger partial charge in [-0.05, 0) is 37.1 Å². The first-order chi connectivity index (χ1) is 11.1. The summed E-state index contributed by atoms with van der Waals surface area (Å²) < 4.78 is 1.77. The summed E-state index contributed by atoms with van der Waals surface area (Å²) in [5.41, 5.74) is 1.64. The number of amides is 1. The number of benzene rings is 1. The average Bonchev–Trinajstić information content (AvgIpc) is 3.09. The zero-order chi connectivity index (χ0) is 16.2. The Hall–Kier alpha value is -2.14. The number of hydrogen-bond acceptors (Lipinski definition) is 3. The molecule has 0 radical (unpaired) electrons. The molecule has 1 aromatic carbocycles. The summed E-state index contributed by atoms with van der Waals surface area (Å²) >= 11 is 0. The maximum atomic E-state index is 12.7. The van der Waals surface area contributed by atoms with Gasteiger partial charge in [0, 0.05) is 43.1 Å². The van der Waals surface area contributed by atoms with Crippen molar-refractivity contribution >= 4 is 5.91 Å². The number of carbonyl (C=O) groups excluding carboxylic acids is 1. The number of aromatic nitrogens is 2. The van der Waals surface area contributed by atoms with Crippen LogP contribution in [-0.2, 0) is 0 Å². The third kappa shape index (κ3) is 3.79. The predicted octanol–water partition coefficient (Wildman–Crippen LogP) is 2.47. The second-order valence-electron chi connectivity index (χ2n) is 6.39. The summed E-state index contributed by atoms with van der Waals surface area (Å²) in [7, 11) is 0. The van der Waals surface area contributed by atoms with Crippen LogP contribution in [0.4, 0.5) is 0 Å². The highest BCUT2D eigenvalue weighted by Crippen LogP contribution is 2.16. The lowest BCUT2D eigenvalue weighted by atomic mass is 10.0. The smallest absolute Gasteiger partial charge is 0.253 e. The molecule has 2 aromatic rings. The molecule has 1 aliphatic heterocycles. The molecule has 0 atom stereocenters. The van der Waals surface area contributed by atoms with Crippen molar-refractivity contribution in [2.45, 2.75) is 38.8 Å². The Morgan fingerprint density at radius 1 is 1.26 bits per heavy atom. The van der Waals surface area contributed by atoms with Crippen molar-refractivity contribution < 1.29 is 4.79 Å². The van der Waals surface area contributed by atoms with Crippen molar-refractivity contribution in [3.8, 4) is 5.69 Å². The molecule has 122 valence electrons. The molecular weight excluding hydrogens is 288 g/mol. The molecule has 0 unspecified atom stereocenters. The maximum absolute atomic E-state index is 12.7. The van der Waals surface area contributed by atoms with Gasteiger partial charge in [0.2, 0.25) is 0 Å². The molecule has 1 fully saturated rings. The minimum Gasteiger partial charge on any atom is -0.339 e. The normalized spacial score (nSPS) is 16.0. The number of piperidine rings is 1. The van der Waals surface area contributed by atoms with E-state index in [-0.39, 0.29) is 5.91 Å². The van der Waals surface area contributed by atoms with Crippen molar-refractivity contribution in [3.63, 3.8) is 0 Å². The summed E-state index contributed by atoms with van der Waals surface area (Å²) in [5, 5.41) is 7.78. The molecule has 2 heterocycles. The lowest BCUT2D eigenvalue weighted by molar-refractivity contribution is 0.0703. The van der Waals surface area contributed by atoms with E-state index in [2.05, 4.69) is 24.3 Å². The molecule has 1 saturated heterocycles. The fourth-order valence-electron chi connectivity index (χ4n) is 3.11. The molecule has 1 amide bonds. The quantitative estimate of drug-likeness (QED) is 0.943. The lowest BCUT2D eigenvalue weighted by Gasteiger charge is -2.33. The van der Waals surface area contributed by atoms with Crippen LogP contribution in [0.5, 0.6) is 0 Å². The largest absolute Gasteiger partial charge is 0.339 e. The van der Waals surface area contributed by atoms with Gasteiger partial charge in [-0.1, -0.05) is 19.9 Å². The first-order valence-electron chi connectivity index (χ1n) is 8.29. The van der Waals surface area contributed by atoms with E-state index in [0.717, 1.165) is 37.2 Å². The Morgan fingerprint density at radius 3 is 2.70 bits per heavy atom. The van der Waals surface area contributed by atoms with E-state index in [1.54, 1.807) is 10.9 Å². The first-order valence-corrected chi connectivity index (χ1v) is 8.29. The number of rotatable bonds is 4. The number of hydrogen-bond donors (Lipinski definition) is 1. The van der Waals surface area contributed by atoms with E-state index in [1.807, 2.05) is 41.4 Å². The zero-order valence-electron chi connectivity index (χ0n) is 13.8. The van der Waals surface area contributed by atoms with Gasteiger partial charge in [0.15, 0.2) is 0 Å². The van der Waals surface area contributed by atoms with Crippen LogP contribution in [0.25, 0.3) is 5.69 Å². The van der Waals surface area contributed by atoms with Gasteiger partial charge < -0.3 is 10.2 Å². The van der Waals surface area contributed by atoms with Crippen LogP contribution in [0.2, 0.25) is 0 Å². The Morgan fingerprint density at radius 2 is 2.04 bits per heavy atom. The molecule has 1 aliphatic rings. The van der Waals surface area contributed by atoms with Gasteiger partial charge >= 0.3 is 0 Å². The predicted molar refractivity (Wildman–Crippen MR) is 90.8 cm³/mol. The third-order valence-electron chi connectivity index (χ3n) is 4.21. The van der Waals surface area contributed by atoms with E-state index >= 15 is 0 Å². The van der Waals surface area contributed by atoms with Crippen LogP contribution in [0, 0.1) is 0 Å². The van der Waals surface area contributed by atoms with E-state index in [1.165, 1.54) is 0 Å². The Balaban J connectivity index is 1.66. The van der Waals surface area contributed by atoms with Gasteiger partial charge in [-0.25, -0.2) is 4.68 Å². The molecular formula is C18H24N4O. The van der Waals surface area contributed by atoms with Gasteiger partial charge in [-0.15, -0.1) is 0 Å².